The molecule has 6 nitrogen and oxygen atoms in total. The minimum Gasteiger partial charge on any atom is -0.481 e. The number of benzene rings is 1. The van der Waals surface area contributed by atoms with E-state index in [9.17, 15) is 36.6 Å². The van der Waals surface area contributed by atoms with Crippen LogP contribution in [0.15, 0.2) is 24.3 Å². The number of amides is 1. The highest BCUT2D eigenvalue weighted by Crippen LogP contribution is 2.36. The second-order valence-corrected chi connectivity index (χ2v) is 7.76. The van der Waals surface area contributed by atoms with Gasteiger partial charge in [0.2, 0.25) is 5.91 Å². The molecule has 1 aromatic heterocycles. The molecule has 1 aromatic carbocycles. The van der Waals surface area contributed by atoms with Crippen LogP contribution in [0.4, 0.5) is 33.5 Å². The molecule has 1 amide bonds. The predicted octanol–water partition coefficient (Wildman–Crippen LogP) is 4.28. The monoisotopic (exact) mass is 477 g/mol. The molecule has 1 N–H and O–H groups in total. The number of carboxylic acid groups (broad SMARTS) is 1. The Morgan fingerprint density at radius 1 is 1.25 bits per heavy atom. The van der Waals surface area contributed by atoms with Gasteiger partial charge in [-0.2, -0.15) is 13.2 Å². The lowest BCUT2D eigenvalue weighted by molar-refractivity contribution is -0.141. The van der Waals surface area contributed by atoms with Crippen LogP contribution < -0.4 is 9.80 Å². The number of hydrogen-bond acceptors (Lipinski definition) is 4. The minimum atomic E-state index is -4.68. The van der Waals surface area contributed by atoms with E-state index in [4.69, 9.17) is 11.6 Å². The molecule has 2 atom stereocenters. The van der Waals surface area contributed by atoms with Gasteiger partial charge in [0, 0.05) is 19.3 Å². The molecule has 0 spiro atoms. The Morgan fingerprint density at radius 3 is 2.50 bits per heavy atom. The van der Waals surface area contributed by atoms with Gasteiger partial charge in [-0.1, -0.05) is 11.6 Å². The van der Waals surface area contributed by atoms with Crippen molar-refractivity contribution < 1.29 is 36.6 Å². The van der Waals surface area contributed by atoms with E-state index in [1.807, 2.05) is 0 Å². The fourth-order valence-corrected chi connectivity index (χ4v) is 3.74. The Hall–Kier alpha value is -2.95. The molecule has 172 valence electrons. The van der Waals surface area contributed by atoms with Crippen molar-refractivity contribution in [3.63, 3.8) is 0 Å². The van der Waals surface area contributed by atoms with E-state index in [1.165, 1.54) is 14.0 Å². The Bertz CT molecular complexity index is 1080. The first-order valence-corrected chi connectivity index (χ1v) is 9.65. The number of carboxylic acids is 1. The molecular formula is C20H17ClF5N3O3. The lowest BCUT2D eigenvalue weighted by Gasteiger charge is -2.29. The number of likely N-dealkylation sites (N-methyl/N-ethyl adjacent to an activating group) is 1. The number of hydrogen-bond donors (Lipinski definition) is 1. The molecule has 12 heteroatoms. The van der Waals surface area contributed by atoms with Crippen molar-refractivity contribution in [2.75, 3.05) is 23.4 Å². The normalized spacial score (nSPS) is 18.7. The van der Waals surface area contributed by atoms with Gasteiger partial charge in [0.25, 0.3) is 0 Å². The number of nitrogens with zero attached hydrogens (tertiary/aromatic N) is 3. The van der Waals surface area contributed by atoms with Gasteiger partial charge < -0.3 is 14.9 Å². The zero-order valence-electron chi connectivity index (χ0n) is 16.8. The van der Waals surface area contributed by atoms with E-state index in [0.717, 1.165) is 34.1 Å². The van der Waals surface area contributed by atoms with Crippen molar-refractivity contribution >= 4 is 35.0 Å². The summed E-state index contributed by atoms with van der Waals surface area (Å²) in [7, 11) is 1.17. The second-order valence-electron chi connectivity index (χ2n) is 7.38. The maximum absolute atomic E-state index is 14.4. The molecule has 0 aliphatic carbocycles. The summed E-state index contributed by atoms with van der Waals surface area (Å²) in [4.78, 5) is 30.7. The number of aliphatic carboxylic acids is 1. The summed E-state index contributed by atoms with van der Waals surface area (Å²) in [5, 5.41) is 8.58. The van der Waals surface area contributed by atoms with Crippen molar-refractivity contribution in [1.29, 1.82) is 0 Å². The number of aryl methyl sites for hydroxylation is 1. The Morgan fingerprint density at radius 2 is 1.91 bits per heavy atom. The zero-order chi connectivity index (χ0) is 24.0. The molecule has 1 unspecified atom stereocenters. The van der Waals surface area contributed by atoms with Crippen LogP contribution in [0.25, 0.3) is 0 Å². The number of halogens is 6. The first-order valence-electron chi connectivity index (χ1n) is 9.27. The average Bonchev–Trinajstić information content (AvgIpc) is 3.16. The summed E-state index contributed by atoms with van der Waals surface area (Å²) in [6.07, 6.45) is -4.93. The Labute approximate surface area is 184 Å². The van der Waals surface area contributed by atoms with Crippen LogP contribution in [-0.4, -0.2) is 41.6 Å². The van der Waals surface area contributed by atoms with Gasteiger partial charge >= 0.3 is 12.1 Å². The largest absolute Gasteiger partial charge is 0.481 e. The highest BCUT2D eigenvalue weighted by molar-refractivity contribution is 6.31. The standard InChI is InChI=1S/C20H17ClF5N3O3/c1-9-5-11(20(24,25)26)7-15(27-9)29-8-10(19(31)32)6-14(29)18(30)28(2)13-4-3-12(22)16(21)17(13)23/h3-5,7,10,14H,6,8H2,1-2H3,(H,31,32)/t10-,14?/m0/s1. The third-order valence-electron chi connectivity index (χ3n) is 5.20. The lowest BCUT2D eigenvalue weighted by Crippen LogP contribution is -2.45. The van der Waals surface area contributed by atoms with Crippen LogP contribution in [-0.2, 0) is 15.8 Å². The van der Waals surface area contributed by atoms with E-state index >= 15 is 0 Å². The Balaban J connectivity index is 2.02. The van der Waals surface area contributed by atoms with E-state index in [0.29, 0.717) is 0 Å². The van der Waals surface area contributed by atoms with Crippen LogP contribution in [0.1, 0.15) is 17.7 Å². The maximum atomic E-state index is 14.4. The number of alkyl halides is 3. The van der Waals surface area contributed by atoms with Crippen molar-refractivity contribution in [3.05, 3.63) is 52.2 Å². The maximum Gasteiger partial charge on any atom is 0.416 e. The molecule has 2 heterocycles. The molecule has 1 saturated heterocycles. The molecule has 2 aromatic rings. The van der Waals surface area contributed by atoms with Crippen LogP contribution in [0.5, 0.6) is 0 Å². The SMILES string of the molecule is Cc1cc(C(F)(F)F)cc(N2C[C@@H](C(=O)O)CC2C(=O)N(C)c2ccc(F)c(Cl)c2F)n1. The van der Waals surface area contributed by atoms with Crippen molar-refractivity contribution in [1.82, 2.24) is 4.98 Å². The van der Waals surface area contributed by atoms with Gasteiger partial charge in [-0.3, -0.25) is 9.59 Å². The van der Waals surface area contributed by atoms with Crippen molar-refractivity contribution in [2.45, 2.75) is 25.6 Å². The highest BCUT2D eigenvalue weighted by Gasteiger charge is 2.43. The molecule has 1 fully saturated rings. The summed E-state index contributed by atoms with van der Waals surface area (Å²) >= 11 is 5.57. The Kier molecular flexibility index (Phi) is 6.32. The van der Waals surface area contributed by atoms with E-state index < -0.39 is 52.2 Å². The van der Waals surface area contributed by atoms with Gasteiger partial charge in [0.05, 0.1) is 17.2 Å². The number of carbonyl (C=O) groups excluding carboxylic acids is 1. The summed E-state index contributed by atoms with van der Waals surface area (Å²) < 4.78 is 67.7. The summed E-state index contributed by atoms with van der Waals surface area (Å²) in [6.45, 7) is 1.06. The van der Waals surface area contributed by atoms with Gasteiger partial charge in [-0.15, -0.1) is 0 Å². The smallest absolute Gasteiger partial charge is 0.416 e. The summed E-state index contributed by atoms with van der Waals surface area (Å²) in [6, 6.07) is 2.14. The molecule has 0 bridgehead atoms. The van der Waals surface area contributed by atoms with Crippen LogP contribution in [0, 0.1) is 24.5 Å². The van der Waals surface area contributed by atoms with Gasteiger partial charge in [0.15, 0.2) is 5.82 Å². The molecule has 0 saturated carbocycles. The van der Waals surface area contributed by atoms with E-state index in [2.05, 4.69) is 4.98 Å². The van der Waals surface area contributed by atoms with Crippen molar-refractivity contribution in [3.8, 4) is 0 Å². The molecule has 1 aliphatic heterocycles. The first-order chi connectivity index (χ1) is 14.8. The topological polar surface area (TPSA) is 73.7 Å². The number of aromatic nitrogens is 1. The van der Waals surface area contributed by atoms with Gasteiger partial charge in [0.1, 0.15) is 22.7 Å². The molecule has 0 radical (unpaired) electrons. The number of rotatable bonds is 4. The molecule has 32 heavy (non-hydrogen) atoms. The fraction of sp³-hybridized carbons (Fsp3) is 0.350. The molecule has 3 rings (SSSR count). The van der Waals surface area contributed by atoms with E-state index in [-0.39, 0.29) is 30.2 Å². The van der Waals surface area contributed by atoms with E-state index in [1.54, 1.807) is 0 Å². The minimum absolute atomic E-state index is 0.0181. The first kappa shape index (κ1) is 23.7. The quantitative estimate of drug-likeness (QED) is 0.525. The summed E-state index contributed by atoms with van der Waals surface area (Å²) in [5.74, 6) is -5.60. The summed E-state index contributed by atoms with van der Waals surface area (Å²) in [5.41, 5.74) is -1.35. The zero-order valence-corrected chi connectivity index (χ0v) is 17.5. The van der Waals surface area contributed by atoms with Crippen LogP contribution in [0.2, 0.25) is 5.02 Å². The van der Waals surface area contributed by atoms with Gasteiger partial charge in [-0.25, -0.2) is 13.8 Å². The number of pyridine rings is 1. The fourth-order valence-electron chi connectivity index (χ4n) is 3.58. The van der Waals surface area contributed by atoms with Crippen molar-refractivity contribution in [2.24, 2.45) is 5.92 Å². The van der Waals surface area contributed by atoms with Gasteiger partial charge in [-0.05, 0) is 37.6 Å². The highest BCUT2D eigenvalue weighted by atomic mass is 35.5. The number of carbonyl (C=O) groups is 2. The second kappa shape index (κ2) is 8.53. The third kappa shape index (κ3) is 4.47. The predicted molar refractivity (Wildman–Crippen MR) is 106 cm³/mol. The van der Waals surface area contributed by atoms with Crippen LogP contribution >= 0.6 is 11.6 Å². The lowest BCUT2D eigenvalue weighted by atomic mass is 10.1. The number of anilines is 2. The molecule has 1 aliphatic rings. The third-order valence-corrected chi connectivity index (χ3v) is 5.55. The average molecular weight is 478 g/mol. The molecular weight excluding hydrogens is 461 g/mol. The van der Waals surface area contributed by atoms with Crippen LogP contribution in [0.3, 0.4) is 0 Å².